The molecule has 0 amide bonds. The first kappa shape index (κ1) is 14.9. The van der Waals surface area contributed by atoms with E-state index in [9.17, 15) is 9.59 Å². The number of carboxylic acid groups (broad SMARTS) is 1. The highest BCUT2D eigenvalue weighted by Crippen LogP contribution is 2.33. The zero-order valence-electron chi connectivity index (χ0n) is 11.1. The third-order valence-corrected chi connectivity index (χ3v) is 4.40. The molecule has 1 fully saturated rings. The number of esters is 1. The minimum atomic E-state index is -0.893. The number of nitrogens with one attached hydrogen (secondary N) is 1. The fourth-order valence-electron chi connectivity index (χ4n) is 2.16. The molecular formula is C14H17NO4S. The van der Waals surface area contributed by atoms with Gasteiger partial charge in [0.1, 0.15) is 12.0 Å². The summed E-state index contributed by atoms with van der Waals surface area (Å²) in [4.78, 5) is 23.2. The molecule has 20 heavy (non-hydrogen) atoms. The number of benzene rings is 1. The van der Waals surface area contributed by atoms with Crippen LogP contribution in [0.2, 0.25) is 0 Å². The van der Waals surface area contributed by atoms with Gasteiger partial charge in [0.15, 0.2) is 0 Å². The van der Waals surface area contributed by atoms with Crippen molar-refractivity contribution in [2.45, 2.75) is 24.3 Å². The lowest BCUT2D eigenvalue weighted by Crippen LogP contribution is -2.41. The van der Waals surface area contributed by atoms with Crippen molar-refractivity contribution in [3.63, 3.8) is 0 Å². The van der Waals surface area contributed by atoms with E-state index >= 15 is 0 Å². The van der Waals surface area contributed by atoms with Crippen molar-refractivity contribution in [3.8, 4) is 0 Å². The highest BCUT2D eigenvalue weighted by molar-refractivity contribution is 8.00. The van der Waals surface area contributed by atoms with Crippen molar-refractivity contribution in [2.75, 3.05) is 12.4 Å². The van der Waals surface area contributed by atoms with E-state index < -0.39 is 17.9 Å². The summed E-state index contributed by atoms with van der Waals surface area (Å²) >= 11 is 1.44. The number of carbonyl (C=O) groups excluding carboxylic acids is 1. The van der Waals surface area contributed by atoms with Gasteiger partial charge in [0, 0.05) is 5.75 Å². The van der Waals surface area contributed by atoms with Crippen LogP contribution < -0.4 is 5.32 Å². The van der Waals surface area contributed by atoms with Crippen LogP contribution in [0.1, 0.15) is 18.4 Å². The Bertz CT molecular complexity index is 479. The monoisotopic (exact) mass is 295 g/mol. The second-order valence-electron chi connectivity index (χ2n) is 4.45. The maximum atomic E-state index is 12.2. The van der Waals surface area contributed by atoms with Gasteiger partial charge in [-0.1, -0.05) is 30.3 Å². The molecule has 2 rings (SSSR count). The van der Waals surface area contributed by atoms with E-state index in [1.165, 1.54) is 11.8 Å². The van der Waals surface area contributed by atoms with Crippen LogP contribution in [-0.2, 0) is 14.3 Å². The Labute approximate surface area is 121 Å². The molecule has 1 aliphatic heterocycles. The van der Waals surface area contributed by atoms with E-state index in [1.807, 2.05) is 30.3 Å². The maximum Gasteiger partial charge on any atom is 0.321 e. The normalized spacial score (nSPS) is 23.2. The highest BCUT2D eigenvalue weighted by atomic mass is 32.2. The molecule has 0 saturated carbocycles. The van der Waals surface area contributed by atoms with Gasteiger partial charge < -0.3 is 9.84 Å². The van der Waals surface area contributed by atoms with Gasteiger partial charge in [-0.3, -0.25) is 14.9 Å². The lowest BCUT2D eigenvalue weighted by Gasteiger charge is -2.22. The lowest BCUT2D eigenvalue weighted by molar-refractivity contribution is -0.145. The number of thioether (sulfide) groups is 1. The Balaban J connectivity index is 2.20. The van der Waals surface area contributed by atoms with Crippen LogP contribution in [0.4, 0.5) is 0 Å². The van der Waals surface area contributed by atoms with Crippen LogP contribution in [0.3, 0.4) is 0 Å². The fraction of sp³-hybridized carbons (Fsp3) is 0.429. The molecule has 0 aromatic heterocycles. The summed E-state index contributed by atoms with van der Waals surface area (Å²) in [7, 11) is 0. The number of hydrogen-bond acceptors (Lipinski definition) is 5. The molecular weight excluding hydrogens is 278 g/mol. The number of ether oxygens (including phenoxy) is 1. The molecule has 0 bridgehead atoms. The summed E-state index contributed by atoms with van der Waals surface area (Å²) in [6.45, 7) is 2.07. The van der Waals surface area contributed by atoms with Crippen LogP contribution in [0.25, 0.3) is 0 Å². The average Bonchev–Trinajstić information content (AvgIpc) is 2.90. The van der Waals surface area contributed by atoms with Crippen LogP contribution in [-0.4, -0.2) is 40.8 Å². The van der Waals surface area contributed by atoms with Crippen molar-refractivity contribution in [1.82, 2.24) is 5.32 Å². The van der Waals surface area contributed by atoms with Gasteiger partial charge >= 0.3 is 11.9 Å². The van der Waals surface area contributed by atoms with Gasteiger partial charge in [-0.25, -0.2) is 0 Å². The third-order valence-electron chi connectivity index (χ3n) is 3.11. The Kier molecular flexibility index (Phi) is 5.03. The molecule has 3 atom stereocenters. The van der Waals surface area contributed by atoms with Crippen LogP contribution in [0.5, 0.6) is 0 Å². The molecule has 2 N–H and O–H groups in total. The number of rotatable bonds is 5. The molecule has 0 spiro atoms. The summed E-state index contributed by atoms with van der Waals surface area (Å²) in [5.41, 5.74) is 0.835. The zero-order valence-corrected chi connectivity index (χ0v) is 11.9. The van der Waals surface area contributed by atoms with Crippen LogP contribution in [0.15, 0.2) is 30.3 Å². The van der Waals surface area contributed by atoms with Gasteiger partial charge in [0.05, 0.1) is 12.0 Å². The molecule has 1 saturated heterocycles. The summed E-state index contributed by atoms with van der Waals surface area (Å²) in [5.74, 6) is -1.26. The van der Waals surface area contributed by atoms with Crippen molar-refractivity contribution < 1.29 is 19.4 Å². The van der Waals surface area contributed by atoms with Crippen molar-refractivity contribution in [1.29, 1.82) is 0 Å². The molecule has 1 aliphatic rings. The van der Waals surface area contributed by atoms with Crippen LogP contribution in [0, 0.1) is 0 Å². The topological polar surface area (TPSA) is 75.6 Å². The van der Waals surface area contributed by atoms with Crippen molar-refractivity contribution >= 4 is 23.7 Å². The average molecular weight is 295 g/mol. The minimum absolute atomic E-state index is 0.280. The fourth-order valence-corrected chi connectivity index (χ4v) is 3.52. The van der Waals surface area contributed by atoms with Gasteiger partial charge in [0.2, 0.25) is 0 Å². The Morgan fingerprint density at radius 3 is 2.70 bits per heavy atom. The molecule has 1 heterocycles. The highest BCUT2D eigenvalue weighted by Gasteiger charge is 2.39. The van der Waals surface area contributed by atoms with Crippen molar-refractivity contribution in [2.24, 2.45) is 0 Å². The first-order valence-electron chi connectivity index (χ1n) is 6.45. The summed E-state index contributed by atoms with van der Waals surface area (Å²) in [6, 6.07) is 8.69. The second kappa shape index (κ2) is 6.76. The Hall–Kier alpha value is -1.53. The van der Waals surface area contributed by atoms with Crippen LogP contribution >= 0.6 is 11.8 Å². The number of hydrogen-bond donors (Lipinski definition) is 2. The number of carboxylic acids is 1. The first-order valence-corrected chi connectivity index (χ1v) is 7.50. The quantitative estimate of drug-likeness (QED) is 0.801. The predicted molar refractivity (Wildman–Crippen MR) is 76.6 cm³/mol. The summed E-state index contributed by atoms with van der Waals surface area (Å²) < 4.78 is 5.13. The summed E-state index contributed by atoms with van der Waals surface area (Å²) in [6.07, 6.45) is 0. The lowest BCUT2D eigenvalue weighted by atomic mass is 9.98. The van der Waals surface area contributed by atoms with Gasteiger partial charge in [-0.15, -0.1) is 11.8 Å². The molecule has 0 radical (unpaired) electrons. The zero-order chi connectivity index (χ0) is 14.5. The maximum absolute atomic E-state index is 12.2. The minimum Gasteiger partial charge on any atom is -0.480 e. The molecule has 1 unspecified atom stereocenters. The Morgan fingerprint density at radius 1 is 1.45 bits per heavy atom. The van der Waals surface area contributed by atoms with E-state index in [-0.39, 0.29) is 11.3 Å². The standard InChI is InChI=1S/C14H17NO4S/c1-2-19-14(18)11(9-6-4-3-5-7-9)12-15-10(8-20-12)13(16)17/h3-7,10-12,15H,2,8H2,1H3,(H,16,17)/t10-,11?,12+/m0/s1. The first-order chi connectivity index (χ1) is 9.63. The second-order valence-corrected chi connectivity index (χ2v) is 5.63. The molecule has 5 nitrogen and oxygen atoms in total. The van der Waals surface area contributed by atoms with Gasteiger partial charge in [-0.05, 0) is 12.5 Å². The van der Waals surface area contributed by atoms with E-state index in [4.69, 9.17) is 9.84 Å². The predicted octanol–water partition coefficient (Wildman–Crippen LogP) is 1.45. The van der Waals surface area contributed by atoms with E-state index in [2.05, 4.69) is 5.32 Å². The largest absolute Gasteiger partial charge is 0.480 e. The summed E-state index contributed by atoms with van der Waals surface area (Å²) in [5, 5.41) is 11.7. The molecule has 6 heteroatoms. The number of aliphatic carboxylic acids is 1. The van der Waals surface area contributed by atoms with E-state index in [1.54, 1.807) is 6.92 Å². The SMILES string of the molecule is CCOC(=O)C(c1ccccc1)[C@@H]1N[C@H](C(=O)O)CS1. The molecule has 108 valence electrons. The third kappa shape index (κ3) is 3.32. The number of carbonyl (C=O) groups is 2. The molecule has 1 aromatic rings. The van der Waals surface area contributed by atoms with E-state index in [0.717, 1.165) is 5.56 Å². The van der Waals surface area contributed by atoms with Crippen molar-refractivity contribution in [3.05, 3.63) is 35.9 Å². The van der Waals surface area contributed by atoms with Gasteiger partial charge in [0.25, 0.3) is 0 Å². The Morgan fingerprint density at radius 2 is 2.15 bits per heavy atom. The van der Waals surface area contributed by atoms with E-state index in [0.29, 0.717) is 12.4 Å². The molecule has 1 aromatic carbocycles. The molecule has 0 aliphatic carbocycles. The smallest absolute Gasteiger partial charge is 0.321 e. The van der Waals surface area contributed by atoms with Gasteiger partial charge in [-0.2, -0.15) is 0 Å².